The smallest absolute Gasteiger partial charge is 0.124 e. The van der Waals surface area contributed by atoms with Crippen molar-refractivity contribution < 1.29 is 0 Å². The fourth-order valence-electron chi connectivity index (χ4n) is 4.21. The van der Waals surface area contributed by atoms with Crippen LogP contribution in [0.3, 0.4) is 0 Å². The van der Waals surface area contributed by atoms with Gasteiger partial charge in [0.2, 0.25) is 0 Å². The minimum atomic E-state index is 1.02. The number of hydrogen-bond donors (Lipinski definition) is 0. The van der Waals surface area contributed by atoms with Crippen LogP contribution in [0.4, 0.5) is 0 Å². The molecule has 0 fully saturated rings. The molecule has 0 saturated carbocycles. The molecule has 0 atom stereocenters. The van der Waals surface area contributed by atoms with Crippen molar-refractivity contribution in [3.63, 3.8) is 0 Å². The van der Waals surface area contributed by atoms with E-state index in [-0.39, 0.29) is 0 Å². The number of benzene rings is 2. The molecule has 28 heavy (non-hydrogen) atoms. The highest BCUT2D eigenvalue weighted by Gasteiger charge is 2.24. The van der Waals surface area contributed by atoms with E-state index in [1.54, 1.807) is 0 Å². The van der Waals surface area contributed by atoms with Crippen molar-refractivity contribution in [2.24, 2.45) is 0 Å². The van der Waals surface area contributed by atoms with Crippen LogP contribution in [0.1, 0.15) is 27.3 Å². The molecule has 0 spiro atoms. The first kappa shape index (κ1) is 17.6. The molecule has 0 aliphatic carbocycles. The Bertz CT molecular complexity index is 1130. The maximum Gasteiger partial charge on any atom is 0.124 e. The van der Waals surface area contributed by atoms with Gasteiger partial charge in [-0.1, -0.05) is 60.2 Å². The summed E-state index contributed by atoms with van der Waals surface area (Å²) in [6, 6.07) is 22.0. The van der Waals surface area contributed by atoms with Crippen LogP contribution in [0, 0.1) is 13.8 Å². The van der Waals surface area contributed by atoms with Crippen molar-refractivity contribution in [2.45, 2.75) is 33.4 Å². The molecule has 1 aliphatic heterocycles. The van der Waals surface area contributed by atoms with Gasteiger partial charge in [0.1, 0.15) is 4.83 Å². The summed E-state index contributed by atoms with van der Waals surface area (Å²) >= 11 is 1.89. The highest BCUT2D eigenvalue weighted by atomic mass is 32.1. The number of nitrogens with zero attached hydrogens (tertiary/aromatic N) is 2. The minimum absolute atomic E-state index is 1.02. The number of hydrogen-bond acceptors (Lipinski definition) is 3. The van der Waals surface area contributed by atoms with Crippen LogP contribution in [-0.4, -0.2) is 16.4 Å². The molecule has 1 aliphatic rings. The van der Waals surface area contributed by atoms with Crippen LogP contribution in [0.2, 0.25) is 0 Å². The van der Waals surface area contributed by atoms with Gasteiger partial charge in [0, 0.05) is 35.6 Å². The average Bonchev–Trinajstić information content (AvgIpc) is 3.06. The summed E-state index contributed by atoms with van der Waals surface area (Å²) < 4.78 is 0. The summed E-state index contributed by atoms with van der Waals surface area (Å²) in [4.78, 5) is 10.1. The Morgan fingerprint density at radius 1 is 1.00 bits per heavy atom. The number of aryl methyl sites for hydroxylation is 2. The third-order valence-electron chi connectivity index (χ3n) is 5.63. The van der Waals surface area contributed by atoms with Crippen LogP contribution in [-0.2, 0) is 19.5 Å². The van der Waals surface area contributed by atoms with Crippen LogP contribution in [0.15, 0.2) is 60.7 Å². The molecule has 0 N–H and O–H groups in total. The van der Waals surface area contributed by atoms with E-state index in [0.29, 0.717) is 0 Å². The second-order valence-corrected chi connectivity index (χ2v) is 8.89. The zero-order valence-corrected chi connectivity index (χ0v) is 17.2. The third-order valence-corrected chi connectivity index (χ3v) is 6.74. The molecule has 5 rings (SSSR count). The van der Waals surface area contributed by atoms with E-state index in [1.165, 1.54) is 42.9 Å². The lowest BCUT2D eigenvalue weighted by molar-refractivity contribution is 0.249. The van der Waals surface area contributed by atoms with E-state index in [0.717, 1.165) is 31.7 Å². The molecule has 3 heteroatoms. The highest BCUT2D eigenvalue weighted by molar-refractivity contribution is 7.19. The van der Waals surface area contributed by atoms with Gasteiger partial charge in [-0.25, -0.2) is 4.98 Å². The predicted octanol–water partition coefficient (Wildman–Crippen LogP) is 6.14. The van der Waals surface area contributed by atoms with E-state index in [1.807, 2.05) is 11.3 Å². The number of aromatic nitrogens is 1. The molecular weight excluding hydrogens is 360 g/mol. The van der Waals surface area contributed by atoms with Gasteiger partial charge in [-0.3, -0.25) is 4.90 Å². The van der Waals surface area contributed by atoms with Crippen LogP contribution in [0.5, 0.6) is 0 Å². The first-order valence-electron chi connectivity index (χ1n) is 9.92. The van der Waals surface area contributed by atoms with Crippen molar-refractivity contribution in [1.29, 1.82) is 0 Å². The third kappa shape index (κ3) is 3.25. The first-order valence-corrected chi connectivity index (χ1v) is 10.7. The van der Waals surface area contributed by atoms with E-state index < -0.39 is 0 Å². The summed E-state index contributed by atoms with van der Waals surface area (Å²) in [6.45, 7) is 7.40. The lowest BCUT2D eigenvalue weighted by atomic mass is 9.96. The molecule has 3 heterocycles. The molecule has 2 aromatic heterocycles. The molecular formula is C25H24N2S. The average molecular weight is 385 g/mol. The van der Waals surface area contributed by atoms with Crippen molar-refractivity contribution in [3.05, 3.63) is 87.9 Å². The molecule has 0 radical (unpaired) electrons. The number of thiophene rings is 1. The maximum absolute atomic E-state index is 4.89. The maximum atomic E-state index is 4.89. The SMILES string of the molecule is Cc1ccc(-c2cc(C)nc3sc4c(c23)CCN(Cc2ccccc2)C4)cc1. The van der Waals surface area contributed by atoms with Gasteiger partial charge in [-0.2, -0.15) is 0 Å². The highest BCUT2D eigenvalue weighted by Crippen LogP contribution is 2.40. The lowest BCUT2D eigenvalue weighted by Gasteiger charge is -2.27. The monoisotopic (exact) mass is 384 g/mol. The van der Waals surface area contributed by atoms with E-state index in [2.05, 4.69) is 79.4 Å². The van der Waals surface area contributed by atoms with Crippen LogP contribution >= 0.6 is 11.3 Å². The fraction of sp³-hybridized carbons (Fsp3) is 0.240. The fourth-order valence-corrected chi connectivity index (χ4v) is 5.54. The topological polar surface area (TPSA) is 16.1 Å². The standard InChI is InChI=1S/C25H24N2S/c1-17-8-10-20(11-9-17)22-14-18(2)26-25-24(22)21-12-13-27(16-23(21)28-25)15-19-6-4-3-5-7-19/h3-11,14H,12-13,15-16H2,1-2H3. The normalized spacial score (nSPS) is 14.4. The Labute approximate surface area is 170 Å². The summed E-state index contributed by atoms with van der Waals surface area (Å²) in [5.41, 5.74) is 7.95. The minimum Gasteiger partial charge on any atom is -0.294 e. The second kappa shape index (κ2) is 7.16. The van der Waals surface area contributed by atoms with E-state index >= 15 is 0 Å². The largest absolute Gasteiger partial charge is 0.294 e. The van der Waals surface area contributed by atoms with Gasteiger partial charge in [-0.15, -0.1) is 11.3 Å². The van der Waals surface area contributed by atoms with Crippen LogP contribution in [0.25, 0.3) is 21.3 Å². The molecule has 0 amide bonds. The summed E-state index contributed by atoms with van der Waals surface area (Å²) in [5, 5.41) is 1.38. The first-order chi connectivity index (χ1) is 13.7. The Hall–Kier alpha value is -2.49. The van der Waals surface area contributed by atoms with Gasteiger partial charge in [0.05, 0.1) is 0 Å². The van der Waals surface area contributed by atoms with Gasteiger partial charge in [-0.05, 0) is 48.6 Å². The molecule has 140 valence electrons. The Balaban J connectivity index is 1.54. The Morgan fingerprint density at radius 3 is 2.57 bits per heavy atom. The summed E-state index contributed by atoms with van der Waals surface area (Å²) in [7, 11) is 0. The molecule has 2 aromatic carbocycles. The van der Waals surface area contributed by atoms with Gasteiger partial charge in [0.15, 0.2) is 0 Å². The number of rotatable bonds is 3. The summed E-state index contributed by atoms with van der Waals surface area (Å²) in [5.74, 6) is 0. The number of pyridine rings is 1. The molecule has 2 nitrogen and oxygen atoms in total. The zero-order chi connectivity index (χ0) is 19.1. The van der Waals surface area contributed by atoms with Crippen molar-refractivity contribution in [3.8, 4) is 11.1 Å². The van der Waals surface area contributed by atoms with E-state index in [9.17, 15) is 0 Å². The lowest BCUT2D eigenvalue weighted by Crippen LogP contribution is -2.29. The molecule has 0 saturated heterocycles. The van der Waals surface area contributed by atoms with Gasteiger partial charge < -0.3 is 0 Å². The predicted molar refractivity (Wildman–Crippen MR) is 119 cm³/mol. The van der Waals surface area contributed by atoms with E-state index in [4.69, 9.17) is 4.98 Å². The Kier molecular flexibility index (Phi) is 4.50. The van der Waals surface area contributed by atoms with Gasteiger partial charge in [0.25, 0.3) is 0 Å². The quantitative estimate of drug-likeness (QED) is 0.422. The van der Waals surface area contributed by atoms with Crippen LogP contribution < -0.4 is 0 Å². The molecule has 0 bridgehead atoms. The van der Waals surface area contributed by atoms with Gasteiger partial charge >= 0.3 is 0 Å². The summed E-state index contributed by atoms with van der Waals surface area (Å²) in [6.07, 6.45) is 1.10. The van der Waals surface area contributed by atoms with Crippen molar-refractivity contribution in [1.82, 2.24) is 9.88 Å². The Morgan fingerprint density at radius 2 is 1.79 bits per heavy atom. The molecule has 0 unspecified atom stereocenters. The van der Waals surface area contributed by atoms with Crippen molar-refractivity contribution in [2.75, 3.05) is 6.54 Å². The molecule has 4 aromatic rings. The second-order valence-electron chi connectivity index (χ2n) is 7.81. The van der Waals surface area contributed by atoms with Crippen molar-refractivity contribution >= 4 is 21.6 Å². The zero-order valence-electron chi connectivity index (χ0n) is 16.4. The number of fused-ring (bicyclic) bond motifs is 3.